The highest BCUT2D eigenvalue weighted by molar-refractivity contribution is 5.83. The fourth-order valence-electron chi connectivity index (χ4n) is 15.1. The lowest BCUT2D eigenvalue weighted by atomic mass is 9.50. The van der Waals surface area contributed by atoms with Crippen LogP contribution < -0.4 is 0 Å². The summed E-state index contributed by atoms with van der Waals surface area (Å²) < 4.78 is 25.2. The normalized spacial score (nSPS) is 49.0. The van der Waals surface area contributed by atoms with E-state index in [9.17, 15) is 24.6 Å². The van der Waals surface area contributed by atoms with Gasteiger partial charge in [-0.1, -0.05) is 6.92 Å². The van der Waals surface area contributed by atoms with Crippen LogP contribution in [-0.2, 0) is 38.1 Å². The quantitative estimate of drug-likeness (QED) is 0.185. The first-order valence-corrected chi connectivity index (χ1v) is 21.0. The van der Waals surface area contributed by atoms with E-state index in [1.54, 1.807) is 13.8 Å². The monoisotopic (exact) mass is 738 g/mol. The summed E-state index contributed by atoms with van der Waals surface area (Å²) in [6.07, 6.45) is 9.55. The summed E-state index contributed by atoms with van der Waals surface area (Å²) in [4.78, 5) is 56.3. The molecule has 0 spiro atoms. The van der Waals surface area contributed by atoms with Crippen LogP contribution in [0.3, 0.4) is 0 Å². The standard InChI is InChI=1S/C43H62O10/c1-7-38(4,35(46)51-31-26-13-29-30(14-26)33(44)50-32(29)31)19-39(5,36(47)52-40(6)27-9-23-8-24(11-27)12-28(40)10-23)18-37(2,3)34(45)53-43-17-25-15-41(48,21-43)20-42(49,16-25)22-43/h23-32,48-49H,7-22H2,1-6H3. The van der Waals surface area contributed by atoms with E-state index < -0.39 is 62.8 Å². The highest BCUT2D eigenvalue weighted by atomic mass is 16.6. The van der Waals surface area contributed by atoms with Gasteiger partial charge in [0.25, 0.3) is 0 Å². The Morgan fingerprint density at radius 2 is 1.38 bits per heavy atom. The number of carbonyl (C=O) groups excluding carboxylic acids is 4. The number of fused-ring (bicyclic) bond motifs is 1. The van der Waals surface area contributed by atoms with E-state index in [0.717, 1.165) is 32.1 Å². The SMILES string of the molecule is CCC(C)(CC(C)(CC(C)(C)C(=O)OC12CC3CC(O)(CC(O)(C3)C1)C2)C(=O)OC1(C)C2CC3CC(C2)CC1C3)C(=O)OC1C2CC3C(=O)OC1C3C2. The molecular weight excluding hydrogens is 676 g/mol. The summed E-state index contributed by atoms with van der Waals surface area (Å²) in [7, 11) is 0. The Morgan fingerprint density at radius 3 is 1.96 bits per heavy atom. The summed E-state index contributed by atoms with van der Waals surface area (Å²) in [6.45, 7) is 11.4. The van der Waals surface area contributed by atoms with E-state index in [-0.39, 0.29) is 48.5 Å². The zero-order valence-corrected chi connectivity index (χ0v) is 32.7. The number of rotatable bonds is 11. The summed E-state index contributed by atoms with van der Waals surface area (Å²) in [5.74, 6) is 0.748. The van der Waals surface area contributed by atoms with Crippen LogP contribution in [0.1, 0.15) is 144 Å². The molecule has 0 radical (unpaired) electrons. The van der Waals surface area contributed by atoms with Crippen LogP contribution in [0.5, 0.6) is 0 Å². The van der Waals surface area contributed by atoms with Gasteiger partial charge in [-0.15, -0.1) is 0 Å². The van der Waals surface area contributed by atoms with Crippen molar-refractivity contribution >= 4 is 23.9 Å². The van der Waals surface area contributed by atoms with Crippen LogP contribution >= 0.6 is 0 Å². The zero-order chi connectivity index (χ0) is 37.7. The van der Waals surface area contributed by atoms with Gasteiger partial charge in [-0.2, -0.15) is 0 Å². The van der Waals surface area contributed by atoms with Crippen molar-refractivity contribution in [2.45, 2.75) is 179 Å². The second-order valence-corrected chi connectivity index (χ2v) is 21.9. The average Bonchev–Trinajstić information content (AvgIpc) is 3.66. The highest BCUT2D eigenvalue weighted by Crippen LogP contribution is 2.63. The second-order valence-electron chi connectivity index (χ2n) is 21.9. The summed E-state index contributed by atoms with van der Waals surface area (Å²) in [5, 5.41) is 22.8. The van der Waals surface area contributed by atoms with Crippen molar-refractivity contribution in [2.75, 3.05) is 0 Å². The molecule has 10 heteroatoms. The van der Waals surface area contributed by atoms with E-state index in [1.165, 1.54) is 6.42 Å². The minimum absolute atomic E-state index is 0.0846. The van der Waals surface area contributed by atoms with E-state index >= 15 is 4.79 Å². The Labute approximate surface area is 314 Å². The maximum Gasteiger partial charge on any atom is 0.312 e. The predicted molar refractivity (Wildman–Crippen MR) is 190 cm³/mol. The Balaban J connectivity index is 0.981. The van der Waals surface area contributed by atoms with Crippen LogP contribution in [0.15, 0.2) is 0 Å². The van der Waals surface area contributed by atoms with Gasteiger partial charge in [-0.25, -0.2) is 0 Å². The van der Waals surface area contributed by atoms with E-state index in [4.69, 9.17) is 18.9 Å². The molecule has 9 atom stereocenters. The van der Waals surface area contributed by atoms with Crippen molar-refractivity contribution < 1.29 is 48.3 Å². The number of esters is 4. The molecule has 10 nitrogen and oxygen atoms in total. The van der Waals surface area contributed by atoms with Crippen LogP contribution in [0.25, 0.3) is 0 Å². The van der Waals surface area contributed by atoms with Crippen molar-refractivity contribution in [2.24, 2.45) is 63.6 Å². The molecule has 9 unspecified atom stereocenters. The second kappa shape index (κ2) is 11.4. The van der Waals surface area contributed by atoms with Gasteiger partial charge in [-0.05, 0) is 148 Å². The third kappa shape index (κ3) is 5.66. The van der Waals surface area contributed by atoms with Crippen molar-refractivity contribution in [1.29, 1.82) is 0 Å². The maximum atomic E-state index is 15.0. The molecule has 0 amide bonds. The van der Waals surface area contributed by atoms with Crippen molar-refractivity contribution in [3.05, 3.63) is 0 Å². The smallest absolute Gasteiger partial charge is 0.312 e. The predicted octanol–water partition coefficient (Wildman–Crippen LogP) is 6.21. The molecule has 53 heavy (non-hydrogen) atoms. The minimum atomic E-state index is -1.26. The molecule has 0 aromatic carbocycles. The molecule has 11 aliphatic rings. The molecule has 1 saturated heterocycles. The van der Waals surface area contributed by atoms with Gasteiger partial charge in [0.15, 0.2) is 0 Å². The van der Waals surface area contributed by atoms with Crippen LogP contribution in [0.2, 0.25) is 0 Å². The lowest BCUT2D eigenvalue weighted by molar-refractivity contribution is -0.264. The van der Waals surface area contributed by atoms with E-state index in [0.29, 0.717) is 75.0 Å². The molecule has 1 heterocycles. The van der Waals surface area contributed by atoms with Crippen LogP contribution in [0, 0.1) is 63.6 Å². The van der Waals surface area contributed by atoms with Crippen molar-refractivity contribution in [1.82, 2.24) is 0 Å². The highest BCUT2D eigenvalue weighted by Gasteiger charge is 2.67. The number of ether oxygens (including phenoxy) is 4. The fraction of sp³-hybridized carbons (Fsp3) is 0.907. The van der Waals surface area contributed by atoms with Gasteiger partial charge >= 0.3 is 23.9 Å². The lowest BCUT2D eigenvalue weighted by Gasteiger charge is -2.62. The van der Waals surface area contributed by atoms with Gasteiger partial charge in [0.1, 0.15) is 23.4 Å². The molecule has 0 aromatic rings. The Hall–Kier alpha value is -2.20. The molecule has 294 valence electrons. The molecule has 2 N–H and O–H groups in total. The molecular formula is C43H62O10. The fourth-order valence-corrected chi connectivity index (χ4v) is 15.1. The summed E-state index contributed by atoms with van der Waals surface area (Å²) in [5.41, 5.74) is -7.17. The van der Waals surface area contributed by atoms with E-state index in [2.05, 4.69) is 6.92 Å². The van der Waals surface area contributed by atoms with Gasteiger partial charge in [0.2, 0.25) is 0 Å². The number of carbonyl (C=O) groups is 4. The van der Waals surface area contributed by atoms with Crippen LogP contribution in [-0.4, -0.2) is 68.7 Å². The van der Waals surface area contributed by atoms with Gasteiger partial charge in [-0.3, -0.25) is 19.2 Å². The molecule has 10 saturated carbocycles. The largest absolute Gasteiger partial charge is 0.458 e. The third-order valence-electron chi connectivity index (χ3n) is 16.9. The van der Waals surface area contributed by atoms with Gasteiger partial charge < -0.3 is 29.2 Å². The first-order chi connectivity index (χ1) is 24.7. The molecule has 11 fully saturated rings. The molecule has 0 aromatic heterocycles. The first kappa shape index (κ1) is 36.4. The summed E-state index contributed by atoms with van der Waals surface area (Å²) >= 11 is 0. The first-order valence-electron chi connectivity index (χ1n) is 21.0. The minimum Gasteiger partial charge on any atom is -0.458 e. The molecule has 10 bridgehead atoms. The van der Waals surface area contributed by atoms with Gasteiger partial charge in [0, 0.05) is 31.1 Å². The third-order valence-corrected chi connectivity index (χ3v) is 16.9. The molecule has 10 aliphatic carbocycles. The van der Waals surface area contributed by atoms with Gasteiger partial charge in [0.05, 0.1) is 33.4 Å². The Morgan fingerprint density at radius 1 is 0.755 bits per heavy atom. The number of hydrogen-bond donors (Lipinski definition) is 2. The van der Waals surface area contributed by atoms with Crippen molar-refractivity contribution in [3.63, 3.8) is 0 Å². The Bertz CT molecular complexity index is 1550. The molecule has 11 rings (SSSR count). The summed E-state index contributed by atoms with van der Waals surface area (Å²) in [6, 6.07) is 0. The maximum absolute atomic E-state index is 15.0. The number of hydrogen-bond acceptors (Lipinski definition) is 10. The number of aliphatic hydroxyl groups is 2. The lowest BCUT2D eigenvalue weighted by Crippen LogP contribution is -2.67. The Kier molecular flexibility index (Phi) is 7.87. The molecule has 1 aliphatic heterocycles. The van der Waals surface area contributed by atoms with Crippen molar-refractivity contribution in [3.8, 4) is 0 Å². The average molecular weight is 739 g/mol. The zero-order valence-electron chi connectivity index (χ0n) is 32.7. The topological polar surface area (TPSA) is 146 Å². The van der Waals surface area contributed by atoms with E-state index in [1.807, 2.05) is 20.8 Å². The van der Waals surface area contributed by atoms with Crippen LogP contribution in [0.4, 0.5) is 0 Å².